The summed E-state index contributed by atoms with van der Waals surface area (Å²) in [7, 11) is 0. The zero-order valence-corrected chi connectivity index (χ0v) is 13.7. The highest BCUT2D eigenvalue weighted by Gasteiger charge is 2.27. The van der Waals surface area contributed by atoms with Crippen molar-refractivity contribution < 1.29 is 4.79 Å². The van der Waals surface area contributed by atoms with Crippen LogP contribution >= 0.6 is 15.9 Å². The highest BCUT2D eigenvalue weighted by atomic mass is 79.9. The molecule has 2 heterocycles. The molecule has 114 valence electrons. The Kier molecular flexibility index (Phi) is 4.80. The summed E-state index contributed by atoms with van der Waals surface area (Å²) in [6.07, 6.45) is 3.15. The van der Waals surface area contributed by atoms with Crippen molar-refractivity contribution >= 4 is 27.5 Å². The molecule has 0 bridgehead atoms. The second-order valence-electron chi connectivity index (χ2n) is 5.96. The molecule has 1 amide bonds. The molecule has 2 atom stereocenters. The van der Waals surface area contributed by atoms with Gasteiger partial charge in [0.1, 0.15) is 0 Å². The smallest absolute Gasteiger partial charge is 0.224 e. The topological polar surface area (TPSA) is 44.4 Å². The summed E-state index contributed by atoms with van der Waals surface area (Å²) in [5.74, 6) is 0.380. The molecule has 2 unspecified atom stereocenters. The van der Waals surface area contributed by atoms with Crippen LogP contribution in [0.15, 0.2) is 28.7 Å². The van der Waals surface area contributed by atoms with Crippen molar-refractivity contribution in [2.75, 3.05) is 31.1 Å². The Bertz CT molecular complexity index is 485. The van der Waals surface area contributed by atoms with Crippen LogP contribution < -0.4 is 15.5 Å². The normalized spacial score (nSPS) is 25.9. The lowest BCUT2D eigenvalue weighted by atomic mass is 9.98. The molecule has 2 fully saturated rings. The largest absolute Gasteiger partial charge is 0.369 e. The van der Waals surface area contributed by atoms with Crippen LogP contribution in [0, 0.1) is 5.92 Å². The minimum Gasteiger partial charge on any atom is -0.369 e. The van der Waals surface area contributed by atoms with E-state index in [1.165, 1.54) is 5.69 Å². The van der Waals surface area contributed by atoms with Gasteiger partial charge in [0.2, 0.25) is 5.91 Å². The van der Waals surface area contributed by atoms with E-state index in [2.05, 4.69) is 55.7 Å². The number of halogens is 1. The van der Waals surface area contributed by atoms with Crippen LogP contribution in [0.3, 0.4) is 0 Å². The Morgan fingerprint density at radius 3 is 2.81 bits per heavy atom. The molecule has 2 N–H and O–H groups in total. The quantitative estimate of drug-likeness (QED) is 0.876. The molecule has 1 aromatic rings. The monoisotopic (exact) mass is 351 g/mol. The van der Waals surface area contributed by atoms with E-state index in [-0.39, 0.29) is 17.9 Å². The Hall–Kier alpha value is -1.07. The number of hydrogen-bond acceptors (Lipinski definition) is 3. The van der Waals surface area contributed by atoms with Crippen molar-refractivity contribution in [2.24, 2.45) is 5.92 Å². The van der Waals surface area contributed by atoms with Gasteiger partial charge in [0.25, 0.3) is 0 Å². The van der Waals surface area contributed by atoms with Gasteiger partial charge in [-0.3, -0.25) is 4.79 Å². The zero-order chi connectivity index (χ0) is 14.7. The summed E-state index contributed by atoms with van der Waals surface area (Å²) < 4.78 is 1.10. The molecule has 2 saturated heterocycles. The summed E-state index contributed by atoms with van der Waals surface area (Å²) in [6, 6.07) is 8.66. The van der Waals surface area contributed by atoms with Crippen molar-refractivity contribution in [3.8, 4) is 0 Å². The number of rotatable bonds is 3. The van der Waals surface area contributed by atoms with Crippen molar-refractivity contribution in [3.63, 3.8) is 0 Å². The van der Waals surface area contributed by atoms with Gasteiger partial charge >= 0.3 is 0 Å². The van der Waals surface area contributed by atoms with Gasteiger partial charge in [-0.2, -0.15) is 0 Å². The van der Waals surface area contributed by atoms with Gasteiger partial charge in [0.05, 0.1) is 5.92 Å². The average molecular weight is 352 g/mol. The van der Waals surface area contributed by atoms with Crippen molar-refractivity contribution in [2.45, 2.75) is 25.3 Å². The summed E-state index contributed by atoms with van der Waals surface area (Å²) >= 11 is 3.46. The van der Waals surface area contributed by atoms with E-state index in [1.807, 2.05) is 0 Å². The molecule has 0 radical (unpaired) electrons. The first-order chi connectivity index (χ1) is 10.2. The van der Waals surface area contributed by atoms with E-state index in [4.69, 9.17) is 0 Å². The molecule has 0 aromatic heterocycles. The summed E-state index contributed by atoms with van der Waals surface area (Å²) in [6.45, 7) is 3.79. The SMILES string of the molecule is O=C(NC1CCN(c2ccc(Br)cc2)C1)C1CCCNC1. The van der Waals surface area contributed by atoms with Crippen LogP contribution in [0.5, 0.6) is 0 Å². The van der Waals surface area contributed by atoms with Gasteiger partial charge in [-0.1, -0.05) is 15.9 Å². The number of hydrogen-bond donors (Lipinski definition) is 2. The van der Waals surface area contributed by atoms with Crippen LogP contribution in [0.25, 0.3) is 0 Å². The van der Waals surface area contributed by atoms with E-state index in [1.54, 1.807) is 0 Å². The van der Waals surface area contributed by atoms with Gasteiger partial charge in [0.15, 0.2) is 0 Å². The van der Waals surface area contributed by atoms with E-state index >= 15 is 0 Å². The second kappa shape index (κ2) is 6.79. The average Bonchev–Trinajstić information content (AvgIpc) is 2.97. The first-order valence-corrected chi connectivity index (χ1v) is 8.53. The fourth-order valence-corrected chi connectivity index (χ4v) is 3.42. The molecule has 3 rings (SSSR count). The van der Waals surface area contributed by atoms with Gasteiger partial charge < -0.3 is 15.5 Å². The number of nitrogens with zero attached hydrogens (tertiary/aromatic N) is 1. The molecule has 2 aliphatic rings. The van der Waals surface area contributed by atoms with Crippen molar-refractivity contribution in [1.29, 1.82) is 0 Å². The third-order valence-electron chi connectivity index (χ3n) is 4.39. The van der Waals surface area contributed by atoms with E-state index in [0.717, 1.165) is 49.9 Å². The van der Waals surface area contributed by atoms with Gasteiger partial charge in [-0.15, -0.1) is 0 Å². The van der Waals surface area contributed by atoms with Crippen LogP contribution in [0.2, 0.25) is 0 Å². The predicted molar refractivity (Wildman–Crippen MR) is 88.5 cm³/mol. The molecule has 0 aliphatic carbocycles. The van der Waals surface area contributed by atoms with Crippen LogP contribution in [-0.4, -0.2) is 38.1 Å². The third-order valence-corrected chi connectivity index (χ3v) is 4.92. The Morgan fingerprint density at radius 1 is 1.29 bits per heavy atom. The van der Waals surface area contributed by atoms with Gasteiger partial charge in [-0.25, -0.2) is 0 Å². The number of benzene rings is 1. The number of carbonyl (C=O) groups is 1. The molecule has 0 saturated carbocycles. The van der Waals surface area contributed by atoms with E-state index < -0.39 is 0 Å². The maximum absolute atomic E-state index is 12.3. The molecule has 0 spiro atoms. The van der Waals surface area contributed by atoms with Gasteiger partial charge in [-0.05, 0) is 50.1 Å². The van der Waals surface area contributed by atoms with E-state index in [0.29, 0.717) is 0 Å². The Morgan fingerprint density at radius 2 is 2.10 bits per heavy atom. The number of carbonyl (C=O) groups excluding carboxylic acids is 1. The summed E-state index contributed by atoms with van der Waals surface area (Å²) in [5, 5.41) is 6.53. The van der Waals surface area contributed by atoms with Crippen LogP contribution in [-0.2, 0) is 4.79 Å². The highest BCUT2D eigenvalue weighted by molar-refractivity contribution is 9.10. The molecule has 5 heteroatoms. The summed E-state index contributed by atoms with van der Waals surface area (Å²) in [4.78, 5) is 14.6. The maximum atomic E-state index is 12.3. The molecule has 21 heavy (non-hydrogen) atoms. The second-order valence-corrected chi connectivity index (χ2v) is 6.88. The predicted octanol–water partition coefficient (Wildman–Crippen LogP) is 2.14. The first kappa shape index (κ1) is 14.9. The van der Waals surface area contributed by atoms with Gasteiger partial charge in [0, 0.05) is 35.8 Å². The lowest BCUT2D eigenvalue weighted by Crippen LogP contribution is -2.45. The molecule has 1 aromatic carbocycles. The number of amides is 1. The van der Waals surface area contributed by atoms with E-state index in [9.17, 15) is 4.79 Å². The zero-order valence-electron chi connectivity index (χ0n) is 12.1. The first-order valence-electron chi connectivity index (χ1n) is 7.74. The Labute approximate surface area is 134 Å². The molecular formula is C16H22BrN3O. The lowest BCUT2D eigenvalue weighted by molar-refractivity contribution is -0.126. The standard InChI is InChI=1S/C16H22BrN3O/c17-13-3-5-15(6-4-13)20-9-7-14(11-20)19-16(21)12-2-1-8-18-10-12/h3-6,12,14,18H,1-2,7-11H2,(H,19,21). The minimum absolute atomic E-state index is 0.153. The lowest BCUT2D eigenvalue weighted by Gasteiger charge is -2.24. The number of anilines is 1. The van der Waals surface area contributed by atoms with Crippen molar-refractivity contribution in [3.05, 3.63) is 28.7 Å². The highest BCUT2D eigenvalue weighted by Crippen LogP contribution is 2.23. The molecular weight excluding hydrogens is 330 g/mol. The fourth-order valence-electron chi connectivity index (χ4n) is 3.16. The molecule has 2 aliphatic heterocycles. The minimum atomic E-state index is 0.153. The Balaban J connectivity index is 1.52. The van der Waals surface area contributed by atoms with Crippen molar-refractivity contribution in [1.82, 2.24) is 10.6 Å². The number of piperidine rings is 1. The fraction of sp³-hybridized carbons (Fsp3) is 0.562. The third kappa shape index (κ3) is 3.77. The number of nitrogens with one attached hydrogen (secondary N) is 2. The van der Waals surface area contributed by atoms with Crippen LogP contribution in [0.4, 0.5) is 5.69 Å². The molecule has 4 nitrogen and oxygen atoms in total. The summed E-state index contributed by atoms with van der Waals surface area (Å²) in [5.41, 5.74) is 1.23. The maximum Gasteiger partial charge on any atom is 0.224 e. The van der Waals surface area contributed by atoms with Crippen LogP contribution in [0.1, 0.15) is 19.3 Å².